The van der Waals surface area contributed by atoms with Gasteiger partial charge in [-0.3, -0.25) is 4.79 Å². The maximum absolute atomic E-state index is 12.0. The van der Waals surface area contributed by atoms with Crippen LogP contribution in [0.1, 0.15) is 58.3 Å². The van der Waals surface area contributed by atoms with Crippen LogP contribution >= 0.6 is 0 Å². The van der Waals surface area contributed by atoms with Crippen LogP contribution in [0.3, 0.4) is 0 Å². The molecule has 1 unspecified atom stereocenters. The first-order valence-corrected chi connectivity index (χ1v) is 9.41. The Labute approximate surface area is 157 Å². The fourth-order valence-electron chi connectivity index (χ4n) is 3.18. The highest BCUT2D eigenvalue weighted by Crippen LogP contribution is 2.30. The van der Waals surface area contributed by atoms with Gasteiger partial charge in [-0.15, -0.1) is 0 Å². The maximum atomic E-state index is 12.0. The molecule has 0 saturated carbocycles. The molecule has 0 N–H and O–H groups in total. The topological polar surface area (TPSA) is 42.7 Å². The zero-order chi connectivity index (χ0) is 19.1. The number of hydrogen-bond acceptors (Lipinski definition) is 3. The van der Waals surface area contributed by atoms with Crippen LogP contribution in [0.5, 0.6) is 5.75 Å². The summed E-state index contributed by atoms with van der Waals surface area (Å²) < 4.78 is 11.1. The summed E-state index contributed by atoms with van der Waals surface area (Å²) in [5.74, 6) is 2.67. The Hall–Kier alpha value is -2.23. The lowest BCUT2D eigenvalue weighted by Gasteiger charge is -2.26. The van der Waals surface area contributed by atoms with E-state index < -0.39 is 0 Å². The molecule has 1 aromatic heterocycles. The minimum atomic E-state index is 0.0737. The van der Waals surface area contributed by atoms with E-state index in [-0.39, 0.29) is 12.0 Å². The van der Waals surface area contributed by atoms with Gasteiger partial charge >= 0.3 is 0 Å². The van der Waals surface area contributed by atoms with Crippen molar-refractivity contribution in [3.8, 4) is 5.75 Å². The predicted octanol–water partition coefficient (Wildman–Crippen LogP) is 5.25. The van der Waals surface area contributed by atoms with Crippen LogP contribution in [0.4, 0.5) is 0 Å². The molecule has 0 fully saturated rings. The first-order chi connectivity index (χ1) is 12.4. The zero-order valence-corrected chi connectivity index (χ0v) is 16.6. The Morgan fingerprint density at radius 2 is 1.81 bits per heavy atom. The van der Waals surface area contributed by atoms with Gasteiger partial charge in [-0.2, -0.15) is 0 Å². The van der Waals surface area contributed by atoms with E-state index >= 15 is 0 Å². The fraction of sp³-hybridized carbons (Fsp3) is 0.500. The first-order valence-electron chi connectivity index (χ1n) is 9.41. The van der Waals surface area contributed by atoms with E-state index in [2.05, 4.69) is 26.0 Å². The van der Waals surface area contributed by atoms with E-state index in [1.54, 1.807) is 13.2 Å². The highest BCUT2D eigenvalue weighted by Gasteiger charge is 2.19. The van der Waals surface area contributed by atoms with Crippen LogP contribution in [-0.2, 0) is 11.3 Å². The molecule has 0 spiro atoms. The molecule has 1 heterocycles. The Morgan fingerprint density at radius 1 is 1.12 bits per heavy atom. The Balaban J connectivity index is 2.03. The summed E-state index contributed by atoms with van der Waals surface area (Å²) in [6.45, 7) is 11.4. The maximum Gasteiger partial charge on any atom is 0.219 e. The molecule has 26 heavy (non-hydrogen) atoms. The highest BCUT2D eigenvalue weighted by atomic mass is 16.5. The van der Waals surface area contributed by atoms with E-state index in [0.29, 0.717) is 24.9 Å². The summed E-state index contributed by atoms with van der Waals surface area (Å²) in [5, 5.41) is 0. The van der Waals surface area contributed by atoms with Crippen LogP contribution < -0.4 is 4.74 Å². The normalized spacial score (nSPS) is 12.4. The fourth-order valence-corrected chi connectivity index (χ4v) is 3.18. The largest absolute Gasteiger partial charge is 0.491 e. The molecule has 1 aromatic carbocycles. The van der Waals surface area contributed by atoms with Crippen molar-refractivity contribution in [3.05, 3.63) is 54.0 Å². The molecule has 1 atom stereocenters. The van der Waals surface area contributed by atoms with Gasteiger partial charge in [0.1, 0.15) is 11.5 Å². The van der Waals surface area contributed by atoms with Gasteiger partial charge in [0.15, 0.2) is 0 Å². The van der Waals surface area contributed by atoms with Gasteiger partial charge in [-0.1, -0.05) is 26.0 Å². The van der Waals surface area contributed by atoms with E-state index in [0.717, 1.165) is 17.9 Å². The minimum absolute atomic E-state index is 0.0737. The van der Waals surface area contributed by atoms with Gasteiger partial charge < -0.3 is 14.1 Å². The van der Waals surface area contributed by atoms with Crippen molar-refractivity contribution in [2.45, 2.75) is 59.6 Å². The summed E-state index contributed by atoms with van der Waals surface area (Å²) in [7, 11) is 0. The van der Waals surface area contributed by atoms with Crippen molar-refractivity contribution in [1.82, 2.24) is 4.90 Å². The van der Waals surface area contributed by atoms with Gasteiger partial charge in [-0.05, 0) is 61.9 Å². The summed E-state index contributed by atoms with van der Waals surface area (Å²) >= 11 is 0. The van der Waals surface area contributed by atoms with Crippen molar-refractivity contribution >= 4 is 5.91 Å². The third kappa shape index (κ3) is 5.94. The molecular weight excluding hydrogens is 326 g/mol. The van der Waals surface area contributed by atoms with Crippen LogP contribution in [0, 0.1) is 5.92 Å². The number of ether oxygens (including phenoxy) is 1. The monoisotopic (exact) mass is 357 g/mol. The lowest BCUT2D eigenvalue weighted by atomic mass is 9.85. The van der Waals surface area contributed by atoms with Crippen molar-refractivity contribution < 1.29 is 13.9 Å². The van der Waals surface area contributed by atoms with Crippen LogP contribution in [-0.4, -0.2) is 23.5 Å². The third-order valence-electron chi connectivity index (χ3n) is 4.57. The molecule has 4 heteroatoms. The molecular formula is C22H31NO3. The average Bonchev–Trinajstić information content (AvgIpc) is 3.07. The van der Waals surface area contributed by atoms with Crippen LogP contribution in [0.15, 0.2) is 47.1 Å². The summed E-state index contributed by atoms with van der Waals surface area (Å²) in [4.78, 5) is 13.9. The average molecular weight is 357 g/mol. The molecule has 0 aliphatic carbocycles. The third-order valence-corrected chi connectivity index (χ3v) is 4.57. The second-order valence-electron chi connectivity index (χ2n) is 7.39. The number of nitrogens with zero attached hydrogens (tertiary/aromatic N) is 1. The predicted molar refractivity (Wildman–Crippen MR) is 104 cm³/mol. The van der Waals surface area contributed by atoms with Gasteiger partial charge in [0, 0.05) is 13.5 Å². The summed E-state index contributed by atoms with van der Waals surface area (Å²) in [6, 6.07) is 12.1. The second kappa shape index (κ2) is 9.46. The number of rotatable bonds is 9. The summed E-state index contributed by atoms with van der Waals surface area (Å²) in [6.07, 6.45) is 2.74. The molecule has 0 aliphatic heterocycles. The smallest absolute Gasteiger partial charge is 0.219 e. The number of hydrogen-bond donors (Lipinski definition) is 0. The van der Waals surface area contributed by atoms with Crippen LogP contribution in [0.2, 0.25) is 0 Å². The van der Waals surface area contributed by atoms with Crippen molar-refractivity contribution in [1.29, 1.82) is 0 Å². The van der Waals surface area contributed by atoms with E-state index in [9.17, 15) is 4.79 Å². The molecule has 0 saturated heterocycles. The molecule has 142 valence electrons. The van der Waals surface area contributed by atoms with Gasteiger partial charge in [0.25, 0.3) is 0 Å². The molecule has 0 aliphatic rings. The number of carbonyl (C=O) groups excluding carboxylic acids is 1. The number of furan rings is 1. The lowest BCUT2D eigenvalue weighted by molar-refractivity contribution is -0.129. The number of carbonyl (C=O) groups is 1. The van der Waals surface area contributed by atoms with Gasteiger partial charge in [0.2, 0.25) is 5.91 Å². The second-order valence-corrected chi connectivity index (χ2v) is 7.39. The van der Waals surface area contributed by atoms with Crippen molar-refractivity contribution in [2.24, 2.45) is 5.92 Å². The van der Waals surface area contributed by atoms with Crippen LogP contribution in [0.25, 0.3) is 0 Å². The van der Waals surface area contributed by atoms with Gasteiger partial charge in [0.05, 0.1) is 18.9 Å². The van der Waals surface area contributed by atoms with E-state index in [1.165, 1.54) is 5.56 Å². The summed E-state index contributed by atoms with van der Waals surface area (Å²) in [5.41, 5.74) is 1.29. The Morgan fingerprint density at radius 3 is 2.31 bits per heavy atom. The van der Waals surface area contributed by atoms with Crippen molar-refractivity contribution in [2.75, 3.05) is 6.54 Å². The number of amides is 1. The Kier molecular flexibility index (Phi) is 7.31. The SMILES string of the molecule is CC(=O)N(CCC(c1ccc(OC(C)C)cc1)C(C)C)Cc1ccco1. The number of benzene rings is 1. The molecule has 2 rings (SSSR count). The molecule has 1 amide bonds. The lowest BCUT2D eigenvalue weighted by Crippen LogP contribution is -2.30. The standard InChI is InChI=1S/C22H31NO3/c1-16(2)22(19-8-10-20(11-9-19)26-17(3)4)12-13-23(18(5)24)15-21-7-6-14-25-21/h6-11,14,16-17,22H,12-13,15H2,1-5H3. The highest BCUT2D eigenvalue weighted by molar-refractivity contribution is 5.73. The first kappa shape index (κ1) is 20.1. The molecule has 0 radical (unpaired) electrons. The van der Waals surface area contributed by atoms with E-state index in [1.807, 2.05) is 43.0 Å². The van der Waals surface area contributed by atoms with Crippen molar-refractivity contribution in [3.63, 3.8) is 0 Å². The molecule has 0 bridgehead atoms. The van der Waals surface area contributed by atoms with E-state index in [4.69, 9.17) is 9.15 Å². The quantitative estimate of drug-likeness (QED) is 0.616. The molecule has 4 nitrogen and oxygen atoms in total. The Bertz CT molecular complexity index is 659. The minimum Gasteiger partial charge on any atom is -0.491 e. The zero-order valence-electron chi connectivity index (χ0n) is 16.6. The van der Waals surface area contributed by atoms with Gasteiger partial charge in [-0.25, -0.2) is 0 Å². The molecule has 2 aromatic rings.